The predicted octanol–water partition coefficient (Wildman–Crippen LogP) is 1.66. The topological polar surface area (TPSA) is 60.0 Å². The largest absolute Gasteiger partial charge is 0.497 e. The molecule has 2 unspecified atom stereocenters. The van der Waals surface area contributed by atoms with Crippen LogP contribution in [-0.2, 0) is 9.47 Å². The zero-order valence-corrected chi connectivity index (χ0v) is 12.1. The van der Waals surface area contributed by atoms with Crippen LogP contribution in [-0.4, -0.2) is 51.3 Å². The minimum atomic E-state index is -0.736. The van der Waals surface area contributed by atoms with Crippen LogP contribution in [0.2, 0.25) is 0 Å². The van der Waals surface area contributed by atoms with Crippen LogP contribution in [0.5, 0.6) is 5.75 Å². The molecule has 0 radical (unpaired) electrons. The van der Waals surface area contributed by atoms with E-state index in [2.05, 4.69) is 5.32 Å². The zero-order valence-electron chi connectivity index (χ0n) is 12.1. The number of ether oxygens (including phenoxy) is 3. The number of halogens is 1. The van der Waals surface area contributed by atoms with Gasteiger partial charge in [-0.25, -0.2) is 4.39 Å². The molecule has 0 aromatic heterocycles. The highest BCUT2D eigenvalue weighted by Gasteiger charge is 2.10. The Bertz CT molecular complexity index is 403. The lowest BCUT2D eigenvalue weighted by atomic mass is 10.2. The van der Waals surface area contributed by atoms with Crippen molar-refractivity contribution in [1.82, 2.24) is 0 Å². The van der Waals surface area contributed by atoms with Gasteiger partial charge in [-0.05, 0) is 19.1 Å². The summed E-state index contributed by atoms with van der Waals surface area (Å²) in [6.45, 7) is 2.66. The molecule has 5 nitrogen and oxygen atoms in total. The Kier molecular flexibility index (Phi) is 7.28. The van der Waals surface area contributed by atoms with Crippen molar-refractivity contribution >= 4 is 5.69 Å². The van der Waals surface area contributed by atoms with Gasteiger partial charge in [-0.3, -0.25) is 0 Å². The van der Waals surface area contributed by atoms with Gasteiger partial charge in [-0.15, -0.1) is 0 Å². The highest BCUT2D eigenvalue weighted by molar-refractivity contribution is 5.49. The Morgan fingerprint density at radius 2 is 2.05 bits per heavy atom. The summed E-state index contributed by atoms with van der Waals surface area (Å²) in [7, 11) is 3.10. The standard InChI is InChI=1S/C14H22FNO4/c1-10(8-18-2)20-9-11(17)7-16-14-6-12(19-3)4-5-13(14)15/h4-6,10-11,16-17H,7-9H2,1-3H3. The quantitative estimate of drug-likeness (QED) is 0.723. The minimum absolute atomic E-state index is 0.0943. The molecule has 114 valence electrons. The molecule has 6 heteroatoms. The molecule has 0 bridgehead atoms. The molecular formula is C14H22FNO4. The third kappa shape index (κ3) is 5.73. The maximum Gasteiger partial charge on any atom is 0.146 e. The molecule has 1 aromatic rings. The Balaban J connectivity index is 2.38. The first-order chi connectivity index (χ1) is 9.56. The summed E-state index contributed by atoms with van der Waals surface area (Å²) in [5.74, 6) is 0.153. The van der Waals surface area contributed by atoms with Gasteiger partial charge in [0.05, 0.1) is 38.2 Å². The van der Waals surface area contributed by atoms with Crippen LogP contribution in [0.3, 0.4) is 0 Å². The number of benzene rings is 1. The predicted molar refractivity (Wildman–Crippen MR) is 74.7 cm³/mol. The number of aliphatic hydroxyl groups excluding tert-OH is 1. The number of anilines is 1. The lowest BCUT2D eigenvalue weighted by Crippen LogP contribution is -2.28. The summed E-state index contributed by atoms with van der Waals surface area (Å²) in [5.41, 5.74) is 0.285. The van der Waals surface area contributed by atoms with Gasteiger partial charge in [0.1, 0.15) is 11.6 Å². The molecule has 0 spiro atoms. The number of methoxy groups -OCH3 is 2. The van der Waals surface area contributed by atoms with E-state index in [1.807, 2.05) is 6.92 Å². The molecule has 0 saturated heterocycles. The number of hydrogen-bond donors (Lipinski definition) is 2. The van der Waals surface area contributed by atoms with Crippen molar-refractivity contribution in [2.24, 2.45) is 0 Å². The Labute approximate surface area is 118 Å². The van der Waals surface area contributed by atoms with Gasteiger partial charge in [0.15, 0.2) is 0 Å². The molecular weight excluding hydrogens is 265 g/mol. The third-order valence-electron chi connectivity index (χ3n) is 2.68. The van der Waals surface area contributed by atoms with Crippen molar-refractivity contribution in [3.63, 3.8) is 0 Å². The molecule has 2 N–H and O–H groups in total. The molecule has 0 aliphatic carbocycles. The van der Waals surface area contributed by atoms with Crippen LogP contribution in [0, 0.1) is 5.82 Å². The molecule has 1 rings (SSSR count). The maximum absolute atomic E-state index is 13.5. The van der Waals surface area contributed by atoms with E-state index in [9.17, 15) is 9.50 Å². The van der Waals surface area contributed by atoms with E-state index in [0.29, 0.717) is 12.4 Å². The average Bonchev–Trinajstić information content (AvgIpc) is 2.44. The van der Waals surface area contributed by atoms with E-state index >= 15 is 0 Å². The first-order valence-electron chi connectivity index (χ1n) is 6.42. The first kappa shape index (κ1) is 16.7. The lowest BCUT2D eigenvalue weighted by molar-refractivity contribution is -0.0282. The summed E-state index contributed by atoms with van der Waals surface area (Å²) in [6, 6.07) is 4.38. The molecule has 20 heavy (non-hydrogen) atoms. The summed E-state index contributed by atoms with van der Waals surface area (Å²) in [6.07, 6.45) is -0.830. The summed E-state index contributed by atoms with van der Waals surface area (Å²) >= 11 is 0. The second kappa shape index (κ2) is 8.73. The van der Waals surface area contributed by atoms with E-state index in [1.54, 1.807) is 7.11 Å². The first-order valence-corrected chi connectivity index (χ1v) is 6.42. The van der Waals surface area contributed by atoms with Gasteiger partial charge in [0.25, 0.3) is 0 Å². The molecule has 0 aliphatic rings. The maximum atomic E-state index is 13.5. The van der Waals surface area contributed by atoms with Gasteiger partial charge >= 0.3 is 0 Å². The van der Waals surface area contributed by atoms with Gasteiger partial charge in [0, 0.05) is 19.7 Å². The highest BCUT2D eigenvalue weighted by Crippen LogP contribution is 2.20. The molecule has 0 fully saturated rings. The van der Waals surface area contributed by atoms with Crippen molar-refractivity contribution < 1.29 is 23.7 Å². The van der Waals surface area contributed by atoms with E-state index in [0.717, 1.165) is 0 Å². The van der Waals surface area contributed by atoms with Crippen LogP contribution < -0.4 is 10.1 Å². The molecule has 0 amide bonds. The number of rotatable bonds is 9. The Morgan fingerprint density at radius 3 is 2.70 bits per heavy atom. The van der Waals surface area contributed by atoms with Crippen LogP contribution in [0.4, 0.5) is 10.1 Å². The van der Waals surface area contributed by atoms with Crippen molar-refractivity contribution in [2.45, 2.75) is 19.1 Å². The Morgan fingerprint density at radius 1 is 1.30 bits per heavy atom. The number of nitrogens with one attached hydrogen (secondary N) is 1. The fourth-order valence-electron chi connectivity index (χ4n) is 1.61. The smallest absolute Gasteiger partial charge is 0.146 e. The van der Waals surface area contributed by atoms with E-state index in [-0.39, 0.29) is 24.9 Å². The second-order valence-corrected chi connectivity index (χ2v) is 4.48. The zero-order chi connectivity index (χ0) is 15.0. The van der Waals surface area contributed by atoms with Gasteiger partial charge in [0.2, 0.25) is 0 Å². The number of hydrogen-bond acceptors (Lipinski definition) is 5. The van der Waals surface area contributed by atoms with Gasteiger partial charge in [-0.2, -0.15) is 0 Å². The fraction of sp³-hybridized carbons (Fsp3) is 0.571. The number of aliphatic hydroxyl groups is 1. The van der Waals surface area contributed by atoms with Crippen LogP contribution in [0.25, 0.3) is 0 Å². The second-order valence-electron chi connectivity index (χ2n) is 4.48. The van der Waals surface area contributed by atoms with Crippen LogP contribution >= 0.6 is 0 Å². The average molecular weight is 287 g/mol. The summed E-state index contributed by atoms with van der Waals surface area (Å²) in [4.78, 5) is 0. The molecule has 0 saturated carbocycles. The minimum Gasteiger partial charge on any atom is -0.497 e. The monoisotopic (exact) mass is 287 g/mol. The van der Waals surface area contributed by atoms with Crippen LogP contribution in [0.1, 0.15) is 6.92 Å². The lowest BCUT2D eigenvalue weighted by Gasteiger charge is -2.17. The molecule has 0 heterocycles. The highest BCUT2D eigenvalue weighted by atomic mass is 19.1. The van der Waals surface area contributed by atoms with Crippen molar-refractivity contribution in [3.05, 3.63) is 24.0 Å². The van der Waals surface area contributed by atoms with Crippen LogP contribution in [0.15, 0.2) is 18.2 Å². The Hall–Kier alpha value is -1.37. The molecule has 0 aliphatic heterocycles. The van der Waals surface area contributed by atoms with E-state index < -0.39 is 11.9 Å². The third-order valence-corrected chi connectivity index (χ3v) is 2.68. The van der Waals surface area contributed by atoms with Crippen molar-refractivity contribution in [3.8, 4) is 5.75 Å². The van der Waals surface area contributed by atoms with Gasteiger partial charge in [-0.1, -0.05) is 0 Å². The van der Waals surface area contributed by atoms with Gasteiger partial charge < -0.3 is 24.6 Å². The summed E-state index contributed by atoms with van der Waals surface area (Å²) in [5, 5.41) is 12.6. The van der Waals surface area contributed by atoms with E-state index in [1.165, 1.54) is 25.3 Å². The van der Waals surface area contributed by atoms with Crippen molar-refractivity contribution in [2.75, 3.05) is 39.3 Å². The molecule has 1 aromatic carbocycles. The normalized spacial score (nSPS) is 13.8. The van der Waals surface area contributed by atoms with E-state index in [4.69, 9.17) is 14.2 Å². The summed E-state index contributed by atoms with van der Waals surface area (Å²) < 4.78 is 28.8. The fourth-order valence-corrected chi connectivity index (χ4v) is 1.61. The molecule has 2 atom stereocenters. The SMILES string of the molecule is COCC(C)OCC(O)CNc1cc(OC)ccc1F. The van der Waals surface area contributed by atoms with Crippen molar-refractivity contribution in [1.29, 1.82) is 0 Å².